The largest absolute Gasteiger partial charge is 0.493 e. The highest BCUT2D eigenvalue weighted by molar-refractivity contribution is 9.10. The summed E-state index contributed by atoms with van der Waals surface area (Å²) in [6.45, 7) is 7.48. The number of halogens is 1. The van der Waals surface area contributed by atoms with Crippen LogP contribution in [0.15, 0.2) is 71.2 Å². The van der Waals surface area contributed by atoms with Gasteiger partial charge in [-0.25, -0.2) is 4.98 Å². The molecule has 0 radical (unpaired) electrons. The van der Waals surface area contributed by atoms with Crippen LogP contribution < -0.4 is 10.1 Å². The molecule has 5 nitrogen and oxygen atoms in total. The van der Waals surface area contributed by atoms with Crippen molar-refractivity contribution >= 4 is 32.9 Å². The zero-order chi connectivity index (χ0) is 23.4. The molecule has 4 rings (SSSR count). The number of nitrogens with one attached hydrogen (secondary N) is 1. The van der Waals surface area contributed by atoms with Gasteiger partial charge >= 0.3 is 0 Å². The van der Waals surface area contributed by atoms with Crippen LogP contribution in [0.5, 0.6) is 5.75 Å². The van der Waals surface area contributed by atoms with Crippen LogP contribution in [0.2, 0.25) is 0 Å². The van der Waals surface area contributed by atoms with E-state index in [4.69, 9.17) is 9.72 Å². The average Bonchev–Trinajstić information content (AvgIpc) is 3.16. The summed E-state index contributed by atoms with van der Waals surface area (Å²) in [5.41, 5.74) is 4.97. The van der Waals surface area contributed by atoms with Crippen LogP contribution in [-0.2, 0) is 6.54 Å². The molecule has 0 bridgehead atoms. The summed E-state index contributed by atoms with van der Waals surface area (Å²) in [7, 11) is 0. The van der Waals surface area contributed by atoms with Gasteiger partial charge in [-0.15, -0.1) is 0 Å². The van der Waals surface area contributed by atoms with Crippen molar-refractivity contribution in [3.8, 4) is 5.75 Å². The van der Waals surface area contributed by atoms with E-state index in [0.717, 1.165) is 45.6 Å². The lowest BCUT2D eigenvalue weighted by Crippen LogP contribution is -2.28. The summed E-state index contributed by atoms with van der Waals surface area (Å²) in [6.07, 6.45) is 0.826. The molecule has 0 spiro atoms. The monoisotopic (exact) mass is 505 g/mol. The van der Waals surface area contributed by atoms with Gasteiger partial charge in [0.05, 0.1) is 23.7 Å². The van der Waals surface area contributed by atoms with Gasteiger partial charge in [0, 0.05) is 16.6 Å². The second-order valence-corrected chi connectivity index (χ2v) is 9.20. The summed E-state index contributed by atoms with van der Waals surface area (Å²) in [6, 6.07) is 21.4. The number of benzene rings is 3. The van der Waals surface area contributed by atoms with Gasteiger partial charge in [-0.1, -0.05) is 51.8 Å². The quantitative estimate of drug-likeness (QED) is 0.283. The number of hydrogen-bond acceptors (Lipinski definition) is 3. The number of rotatable bonds is 8. The lowest BCUT2D eigenvalue weighted by atomic mass is 10.1. The van der Waals surface area contributed by atoms with E-state index in [1.165, 1.54) is 5.56 Å². The van der Waals surface area contributed by atoms with Crippen LogP contribution in [0, 0.1) is 13.8 Å². The van der Waals surface area contributed by atoms with Gasteiger partial charge in [0.2, 0.25) is 0 Å². The lowest BCUT2D eigenvalue weighted by Gasteiger charge is -2.17. The Hall–Kier alpha value is -3.12. The van der Waals surface area contributed by atoms with E-state index >= 15 is 0 Å². The Morgan fingerprint density at radius 1 is 1.09 bits per heavy atom. The number of ether oxygens (including phenoxy) is 1. The van der Waals surface area contributed by atoms with Gasteiger partial charge in [-0.3, -0.25) is 4.79 Å². The van der Waals surface area contributed by atoms with Gasteiger partial charge < -0.3 is 14.6 Å². The first-order valence-electron chi connectivity index (χ1n) is 11.1. The summed E-state index contributed by atoms with van der Waals surface area (Å²) >= 11 is 3.43. The van der Waals surface area contributed by atoms with Crippen molar-refractivity contribution in [2.45, 2.75) is 39.8 Å². The molecule has 1 unspecified atom stereocenters. The van der Waals surface area contributed by atoms with Crippen molar-refractivity contribution in [2.24, 2.45) is 0 Å². The minimum absolute atomic E-state index is 0.124. The van der Waals surface area contributed by atoms with Gasteiger partial charge in [0.15, 0.2) is 0 Å². The molecule has 4 aromatic rings. The molecule has 1 aromatic heterocycles. The highest BCUT2D eigenvalue weighted by atomic mass is 79.9. The predicted octanol–water partition coefficient (Wildman–Crippen LogP) is 6.38. The van der Waals surface area contributed by atoms with Crippen LogP contribution in [-0.4, -0.2) is 22.1 Å². The Bertz CT molecular complexity index is 1280. The maximum atomic E-state index is 12.8. The Kier molecular flexibility index (Phi) is 7.14. The molecule has 1 amide bonds. The van der Waals surface area contributed by atoms with Gasteiger partial charge in [-0.05, 0) is 69.2 Å². The number of nitrogens with zero attached hydrogens (tertiary/aromatic N) is 2. The summed E-state index contributed by atoms with van der Waals surface area (Å²) < 4.78 is 9.09. The third-order valence-electron chi connectivity index (χ3n) is 5.62. The predicted molar refractivity (Wildman–Crippen MR) is 136 cm³/mol. The van der Waals surface area contributed by atoms with E-state index < -0.39 is 0 Å². The van der Waals surface area contributed by atoms with Gasteiger partial charge in [-0.2, -0.15) is 0 Å². The van der Waals surface area contributed by atoms with E-state index in [1.54, 1.807) is 6.07 Å². The molecule has 0 saturated heterocycles. The third-order valence-corrected chi connectivity index (χ3v) is 6.11. The molecular weight excluding hydrogens is 478 g/mol. The third kappa shape index (κ3) is 5.45. The van der Waals surface area contributed by atoms with Crippen molar-refractivity contribution in [3.63, 3.8) is 0 Å². The molecule has 1 atom stereocenters. The molecule has 3 aromatic carbocycles. The molecule has 0 fully saturated rings. The highest BCUT2D eigenvalue weighted by Crippen LogP contribution is 2.23. The smallest absolute Gasteiger partial charge is 0.251 e. The van der Waals surface area contributed by atoms with Gasteiger partial charge in [0.25, 0.3) is 5.91 Å². The average molecular weight is 506 g/mol. The zero-order valence-corrected chi connectivity index (χ0v) is 20.7. The van der Waals surface area contributed by atoms with E-state index in [-0.39, 0.29) is 11.9 Å². The molecule has 1 N–H and O–H groups in total. The molecule has 33 heavy (non-hydrogen) atoms. The number of fused-ring (bicyclic) bond motifs is 1. The minimum atomic E-state index is -0.246. The fourth-order valence-corrected chi connectivity index (χ4v) is 4.40. The second kappa shape index (κ2) is 10.2. The standard InChI is InChI=1S/C27H28BrN3O2/c1-18-12-13-25(19(2)16-18)33-15-7-14-31-24-11-5-4-10-23(24)30-26(31)20(3)29-27(32)21-8-6-9-22(28)17-21/h4-6,8-13,16-17,20H,7,14-15H2,1-3H3,(H,29,32). The Morgan fingerprint density at radius 3 is 2.70 bits per heavy atom. The first kappa shape index (κ1) is 23.1. The van der Waals surface area contributed by atoms with Crippen LogP contribution in [0.3, 0.4) is 0 Å². The molecule has 1 heterocycles. The maximum absolute atomic E-state index is 12.8. The number of amides is 1. The SMILES string of the molecule is Cc1ccc(OCCCn2c(C(C)NC(=O)c3cccc(Br)c3)nc3ccccc32)c(C)c1. The molecular formula is C27H28BrN3O2. The van der Waals surface area contributed by atoms with E-state index in [0.29, 0.717) is 12.2 Å². The zero-order valence-electron chi connectivity index (χ0n) is 19.1. The number of carbonyl (C=O) groups is 1. The Morgan fingerprint density at radius 2 is 1.91 bits per heavy atom. The van der Waals surface area contributed by atoms with Crippen molar-refractivity contribution in [1.82, 2.24) is 14.9 Å². The number of carbonyl (C=O) groups excluding carboxylic acids is 1. The Labute approximate surface area is 202 Å². The molecule has 0 aliphatic heterocycles. The first-order chi connectivity index (χ1) is 15.9. The van der Waals surface area contributed by atoms with E-state index in [2.05, 4.69) is 57.9 Å². The maximum Gasteiger partial charge on any atom is 0.251 e. The fraction of sp³-hybridized carbons (Fsp3) is 0.259. The summed E-state index contributed by atoms with van der Waals surface area (Å²) in [5, 5.41) is 3.10. The number of hydrogen-bond donors (Lipinski definition) is 1. The molecule has 170 valence electrons. The van der Waals surface area contributed by atoms with Crippen molar-refractivity contribution < 1.29 is 9.53 Å². The normalized spacial score (nSPS) is 12.0. The molecule has 0 aliphatic carbocycles. The van der Waals surface area contributed by atoms with E-state index in [9.17, 15) is 4.79 Å². The van der Waals surface area contributed by atoms with Crippen molar-refractivity contribution in [2.75, 3.05) is 6.61 Å². The van der Waals surface area contributed by atoms with E-state index in [1.807, 2.05) is 49.4 Å². The highest BCUT2D eigenvalue weighted by Gasteiger charge is 2.19. The second-order valence-electron chi connectivity index (χ2n) is 8.29. The van der Waals surface area contributed by atoms with Gasteiger partial charge in [0.1, 0.15) is 11.6 Å². The number of imidazole rings is 1. The number of aryl methyl sites for hydroxylation is 3. The minimum Gasteiger partial charge on any atom is -0.493 e. The molecule has 0 aliphatic rings. The van der Waals surface area contributed by atoms with Crippen molar-refractivity contribution in [3.05, 3.63) is 93.7 Å². The van der Waals surface area contributed by atoms with Crippen molar-refractivity contribution in [1.29, 1.82) is 0 Å². The fourth-order valence-electron chi connectivity index (χ4n) is 4.00. The first-order valence-corrected chi connectivity index (χ1v) is 11.9. The summed E-state index contributed by atoms with van der Waals surface area (Å²) in [4.78, 5) is 17.6. The topological polar surface area (TPSA) is 56.1 Å². The van der Waals surface area contributed by atoms with Crippen LogP contribution >= 0.6 is 15.9 Å². The Balaban J connectivity index is 1.48. The molecule has 6 heteroatoms. The van der Waals surface area contributed by atoms with Crippen LogP contribution in [0.25, 0.3) is 11.0 Å². The molecule has 0 saturated carbocycles. The lowest BCUT2D eigenvalue weighted by molar-refractivity contribution is 0.0937. The van der Waals surface area contributed by atoms with Crippen LogP contribution in [0.1, 0.15) is 46.7 Å². The number of para-hydroxylation sites is 2. The number of aromatic nitrogens is 2. The summed E-state index contributed by atoms with van der Waals surface area (Å²) in [5.74, 6) is 1.64. The van der Waals surface area contributed by atoms with Crippen LogP contribution in [0.4, 0.5) is 0 Å².